The van der Waals surface area contributed by atoms with Gasteiger partial charge in [0.05, 0.1) is 12.6 Å². The molecule has 0 unspecified atom stereocenters. The SMILES string of the molecule is Cc1cn([C@H]2C[C@@H](CO)C(O)=C2O)c(=O)[nH]c1=O. The Balaban J connectivity index is 2.50. The summed E-state index contributed by atoms with van der Waals surface area (Å²) in [5, 5.41) is 28.4. The fraction of sp³-hybridized carbons (Fsp3) is 0.455. The molecule has 0 saturated heterocycles. The van der Waals surface area contributed by atoms with Crippen molar-refractivity contribution in [1.82, 2.24) is 9.55 Å². The Morgan fingerprint density at radius 1 is 1.39 bits per heavy atom. The van der Waals surface area contributed by atoms with Gasteiger partial charge in [0.15, 0.2) is 5.76 Å². The molecule has 2 rings (SSSR count). The van der Waals surface area contributed by atoms with Gasteiger partial charge in [0, 0.05) is 17.7 Å². The van der Waals surface area contributed by atoms with Gasteiger partial charge in [0.2, 0.25) is 0 Å². The summed E-state index contributed by atoms with van der Waals surface area (Å²) in [5.41, 5.74) is -0.816. The Morgan fingerprint density at radius 3 is 2.61 bits per heavy atom. The molecule has 1 heterocycles. The summed E-state index contributed by atoms with van der Waals surface area (Å²) in [7, 11) is 0. The van der Waals surface area contributed by atoms with Gasteiger partial charge in [-0.3, -0.25) is 14.3 Å². The van der Waals surface area contributed by atoms with Crippen molar-refractivity contribution >= 4 is 0 Å². The molecule has 0 fully saturated rings. The quantitative estimate of drug-likeness (QED) is 0.579. The topological polar surface area (TPSA) is 116 Å². The highest BCUT2D eigenvalue weighted by Gasteiger charge is 2.35. The number of aromatic nitrogens is 2. The van der Waals surface area contributed by atoms with E-state index in [9.17, 15) is 19.8 Å². The van der Waals surface area contributed by atoms with Gasteiger partial charge in [-0.2, -0.15) is 0 Å². The van der Waals surface area contributed by atoms with Crippen molar-refractivity contribution in [3.63, 3.8) is 0 Å². The highest BCUT2D eigenvalue weighted by Crippen LogP contribution is 2.36. The Hall–Kier alpha value is -2.02. The first-order chi connectivity index (χ1) is 8.45. The summed E-state index contributed by atoms with van der Waals surface area (Å²) in [6.07, 6.45) is 1.54. The lowest BCUT2D eigenvalue weighted by Crippen LogP contribution is -2.33. The van der Waals surface area contributed by atoms with Gasteiger partial charge < -0.3 is 15.3 Å². The number of aromatic amines is 1. The number of aryl methyl sites for hydroxylation is 1. The molecule has 0 amide bonds. The number of hydrogen-bond acceptors (Lipinski definition) is 5. The lowest BCUT2D eigenvalue weighted by atomic mass is 10.1. The Morgan fingerprint density at radius 2 is 2.06 bits per heavy atom. The van der Waals surface area contributed by atoms with E-state index in [-0.39, 0.29) is 24.5 Å². The van der Waals surface area contributed by atoms with Crippen LogP contribution in [0.2, 0.25) is 0 Å². The average molecular weight is 254 g/mol. The van der Waals surface area contributed by atoms with Crippen LogP contribution in [0.15, 0.2) is 27.3 Å². The number of nitrogens with zero attached hydrogens (tertiary/aromatic N) is 1. The van der Waals surface area contributed by atoms with E-state index in [0.29, 0.717) is 5.56 Å². The Bertz CT molecular complexity index is 613. The van der Waals surface area contributed by atoms with E-state index in [4.69, 9.17) is 5.11 Å². The van der Waals surface area contributed by atoms with Gasteiger partial charge in [-0.05, 0) is 13.3 Å². The third-order valence-corrected chi connectivity index (χ3v) is 3.17. The molecule has 7 heteroatoms. The van der Waals surface area contributed by atoms with Crippen LogP contribution in [-0.4, -0.2) is 31.5 Å². The van der Waals surface area contributed by atoms with E-state index in [1.54, 1.807) is 0 Å². The molecule has 7 nitrogen and oxygen atoms in total. The summed E-state index contributed by atoms with van der Waals surface area (Å²) in [6, 6.07) is -0.759. The minimum atomic E-state index is -0.759. The maximum Gasteiger partial charge on any atom is 0.329 e. The molecule has 0 radical (unpaired) electrons. The molecule has 0 spiro atoms. The minimum Gasteiger partial charge on any atom is -0.508 e. The molecule has 1 aliphatic carbocycles. The molecule has 1 aromatic rings. The number of aliphatic hydroxyl groups is 3. The summed E-state index contributed by atoms with van der Waals surface area (Å²) in [4.78, 5) is 25.0. The molecule has 18 heavy (non-hydrogen) atoms. The third kappa shape index (κ3) is 1.82. The minimum absolute atomic E-state index is 0.208. The molecular weight excluding hydrogens is 240 g/mol. The van der Waals surface area contributed by atoms with E-state index < -0.39 is 23.2 Å². The second-order valence-corrected chi connectivity index (χ2v) is 4.38. The van der Waals surface area contributed by atoms with Crippen LogP contribution in [0.4, 0.5) is 0 Å². The standard InChI is InChI=1S/C11H14N2O5/c1-5-3-13(11(18)12-10(5)17)7-2-6(4-14)8(15)9(7)16/h3,6-7,14-16H,2,4H2,1H3,(H,12,17,18)/t6-,7-/m0/s1. The van der Waals surface area contributed by atoms with E-state index in [2.05, 4.69) is 4.98 Å². The second-order valence-electron chi connectivity index (χ2n) is 4.38. The smallest absolute Gasteiger partial charge is 0.329 e. The zero-order valence-electron chi connectivity index (χ0n) is 9.75. The van der Waals surface area contributed by atoms with Crippen molar-refractivity contribution < 1.29 is 15.3 Å². The molecule has 0 bridgehead atoms. The highest BCUT2D eigenvalue weighted by molar-refractivity contribution is 5.18. The normalized spacial score (nSPS) is 23.7. The second kappa shape index (κ2) is 4.34. The number of rotatable bonds is 2. The first-order valence-corrected chi connectivity index (χ1v) is 5.50. The lowest BCUT2D eigenvalue weighted by molar-refractivity contribution is 0.202. The molecular formula is C11H14N2O5. The monoisotopic (exact) mass is 254 g/mol. The van der Waals surface area contributed by atoms with Crippen LogP contribution in [0.3, 0.4) is 0 Å². The summed E-state index contributed by atoms with van der Waals surface area (Å²) < 4.78 is 1.15. The zero-order chi connectivity index (χ0) is 13.4. The van der Waals surface area contributed by atoms with Crippen molar-refractivity contribution in [3.8, 4) is 0 Å². The maximum absolute atomic E-state index is 11.7. The van der Waals surface area contributed by atoms with Gasteiger partial charge in [-0.15, -0.1) is 0 Å². The predicted octanol–water partition coefficient (Wildman–Crippen LogP) is -0.274. The fourth-order valence-corrected chi connectivity index (χ4v) is 2.10. The Labute approximate surface area is 102 Å². The van der Waals surface area contributed by atoms with E-state index in [1.165, 1.54) is 13.1 Å². The number of nitrogens with one attached hydrogen (secondary N) is 1. The molecule has 1 aromatic heterocycles. The first-order valence-electron chi connectivity index (χ1n) is 5.50. The average Bonchev–Trinajstić information content (AvgIpc) is 2.61. The Kier molecular flexibility index (Phi) is 3.00. The van der Waals surface area contributed by atoms with Crippen molar-refractivity contribution in [2.45, 2.75) is 19.4 Å². The lowest BCUT2D eigenvalue weighted by Gasteiger charge is -2.14. The summed E-state index contributed by atoms with van der Waals surface area (Å²) >= 11 is 0. The third-order valence-electron chi connectivity index (χ3n) is 3.17. The zero-order valence-corrected chi connectivity index (χ0v) is 9.75. The molecule has 98 valence electrons. The van der Waals surface area contributed by atoms with E-state index in [0.717, 1.165) is 4.57 Å². The highest BCUT2D eigenvalue weighted by atomic mass is 16.3. The van der Waals surface area contributed by atoms with Crippen molar-refractivity contribution in [2.24, 2.45) is 5.92 Å². The van der Waals surface area contributed by atoms with Gasteiger partial charge in [0.25, 0.3) is 5.56 Å². The van der Waals surface area contributed by atoms with Crippen LogP contribution in [0.25, 0.3) is 0 Å². The van der Waals surface area contributed by atoms with E-state index in [1.807, 2.05) is 0 Å². The number of hydrogen-bond donors (Lipinski definition) is 4. The van der Waals surface area contributed by atoms with Crippen LogP contribution in [-0.2, 0) is 0 Å². The van der Waals surface area contributed by atoms with Crippen molar-refractivity contribution in [2.75, 3.05) is 6.61 Å². The van der Waals surface area contributed by atoms with E-state index >= 15 is 0 Å². The van der Waals surface area contributed by atoms with Crippen LogP contribution >= 0.6 is 0 Å². The molecule has 0 aromatic carbocycles. The number of aliphatic hydroxyl groups excluding tert-OH is 3. The molecule has 4 N–H and O–H groups in total. The molecule has 0 saturated carbocycles. The number of allylic oxidation sites excluding steroid dienone is 1. The van der Waals surface area contributed by atoms with Crippen LogP contribution in [0.1, 0.15) is 18.0 Å². The fourth-order valence-electron chi connectivity index (χ4n) is 2.10. The predicted molar refractivity (Wildman–Crippen MR) is 62.6 cm³/mol. The maximum atomic E-state index is 11.7. The first kappa shape index (κ1) is 12.4. The van der Waals surface area contributed by atoms with Crippen LogP contribution in [0.5, 0.6) is 0 Å². The molecule has 2 atom stereocenters. The van der Waals surface area contributed by atoms with Gasteiger partial charge in [0.1, 0.15) is 5.76 Å². The summed E-state index contributed by atoms with van der Waals surface area (Å²) in [6.45, 7) is 1.22. The van der Waals surface area contributed by atoms with Crippen LogP contribution in [0, 0.1) is 12.8 Å². The molecule has 1 aliphatic rings. The van der Waals surface area contributed by atoms with Gasteiger partial charge >= 0.3 is 5.69 Å². The van der Waals surface area contributed by atoms with Gasteiger partial charge in [-0.25, -0.2) is 4.79 Å². The summed E-state index contributed by atoms with van der Waals surface area (Å²) in [5.74, 6) is -1.24. The van der Waals surface area contributed by atoms with Crippen LogP contribution < -0.4 is 11.2 Å². The number of H-pyrrole nitrogens is 1. The van der Waals surface area contributed by atoms with Crippen molar-refractivity contribution in [1.29, 1.82) is 0 Å². The van der Waals surface area contributed by atoms with Crippen molar-refractivity contribution in [3.05, 3.63) is 44.1 Å². The van der Waals surface area contributed by atoms with Gasteiger partial charge in [-0.1, -0.05) is 0 Å². The largest absolute Gasteiger partial charge is 0.508 e. The molecule has 0 aliphatic heterocycles.